The van der Waals surface area contributed by atoms with E-state index in [0.29, 0.717) is 22.8 Å². The van der Waals surface area contributed by atoms with Crippen molar-refractivity contribution in [1.29, 1.82) is 0 Å². The van der Waals surface area contributed by atoms with Gasteiger partial charge in [-0.15, -0.1) is 0 Å². The zero-order valence-corrected chi connectivity index (χ0v) is 16.6. The molecule has 4 rings (SSSR count). The molecule has 2 aromatic rings. The molecule has 2 aromatic carbocycles. The molecule has 0 heterocycles. The molecule has 29 heavy (non-hydrogen) atoms. The van der Waals surface area contributed by atoms with Gasteiger partial charge < -0.3 is 10.1 Å². The summed E-state index contributed by atoms with van der Waals surface area (Å²) in [7, 11) is 0. The summed E-state index contributed by atoms with van der Waals surface area (Å²) >= 11 is 0. The number of benzene rings is 2. The van der Waals surface area contributed by atoms with Crippen molar-refractivity contribution < 1.29 is 18.7 Å². The van der Waals surface area contributed by atoms with Crippen LogP contribution in [0.3, 0.4) is 0 Å². The Morgan fingerprint density at radius 3 is 2.28 bits per heavy atom. The average Bonchev–Trinajstić information content (AvgIpc) is 3.36. The van der Waals surface area contributed by atoms with E-state index in [1.165, 1.54) is 49.9 Å². The number of fused-ring (bicyclic) bond motifs is 2. The van der Waals surface area contributed by atoms with E-state index < -0.39 is 0 Å². The first-order valence-electron chi connectivity index (χ1n) is 10.3. The van der Waals surface area contributed by atoms with E-state index in [9.17, 15) is 14.0 Å². The molecule has 4 nitrogen and oxygen atoms in total. The third-order valence-electron chi connectivity index (χ3n) is 6.42. The molecule has 4 atom stereocenters. The SMILES string of the molecule is C[C@@H](NC(=O)COc1ccc(C(=O)c2ccc(F)cc2)cc1)[C@H]1C[C@@H]2CC[C@@H]1C2. The van der Waals surface area contributed by atoms with Crippen LogP contribution in [0.4, 0.5) is 4.39 Å². The zero-order valence-electron chi connectivity index (χ0n) is 16.6. The van der Waals surface area contributed by atoms with E-state index in [-0.39, 0.29) is 30.2 Å². The lowest BCUT2D eigenvalue weighted by Crippen LogP contribution is -2.42. The molecule has 1 amide bonds. The Hall–Kier alpha value is -2.69. The number of amides is 1. The number of carbonyl (C=O) groups is 2. The van der Waals surface area contributed by atoms with Gasteiger partial charge in [0.2, 0.25) is 0 Å². The van der Waals surface area contributed by atoms with Crippen LogP contribution in [-0.4, -0.2) is 24.3 Å². The van der Waals surface area contributed by atoms with Crippen molar-refractivity contribution in [1.82, 2.24) is 5.32 Å². The van der Waals surface area contributed by atoms with Gasteiger partial charge in [0.1, 0.15) is 11.6 Å². The standard InChI is InChI=1S/C24H26FNO3/c1-15(22-13-16-2-3-19(22)12-16)26-23(27)14-29-21-10-6-18(7-11-21)24(28)17-4-8-20(25)9-5-17/h4-11,15-16,19,22H,2-3,12-14H2,1H3,(H,26,27)/t15-,16-,19-,22-/m1/s1. The van der Waals surface area contributed by atoms with E-state index in [0.717, 1.165) is 11.8 Å². The predicted molar refractivity (Wildman–Crippen MR) is 108 cm³/mol. The summed E-state index contributed by atoms with van der Waals surface area (Å²) in [5, 5.41) is 3.08. The highest BCUT2D eigenvalue weighted by atomic mass is 19.1. The molecule has 2 bridgehead atoms. The Balaban J connectivity index is 1.27. The lowest BCUT2D eigenvalue weighted by Gasteiger charge is -2.28. The third-order valence-corrected chi connectivity index (χ3v) is 6.42. The van der Waals surface area contributed by atoms with Gasteiger partial charge in [-0.3, -0.25) is 9.59 Å². The summed E-state index contributed by atoms with van der Waals surface area (Å²) in [5.74, 6) is 2.07. The molecule has 0 saturated heterocycles. The summed E-state index contributed by atoms with van der Waals surface area (Å²) in [4.78, 5) is 24.7. The molecule has 0 spiro atoms. The predicted octanol–water partition coefficient (Wildman–Crippen LogP) is 4.38. The molecule has 0 aliphatic heterocycles. The maximum absolute atomic E-state index is 13.0. The molecule has 2 saturated carbocycles. The number of hydrogen-bond donors (Lipinski definition) is 1. The smallest absolute Gasteiger partial charge is 0.258 e. The summed E-state index contributed by atoms with van der Waals surface area (Å²) in [5.41, 5.74) is 0.910. The average molecular weight is 395 g/mol. The highest BCUT2D eigenvalue weighted by Gasteiger charge is 2.42. The molecule has 0 radical (unpaired) electrons. The Kier molecular flexibility index (Phi) is 5.65. The summed E-state index contributed by atoms with van der Waals surface area (Å²) < 4.78 is 18.6. The summed E-state index contributed by atoms with van der Waals surface area (Å²) in [6.07, 6.45) is 5.21. The molecular weight excluding hydrogens is 369 g/mol. The van der Waals surface area contributed by atoms with Gasteiger partial charge in [-0.1, -0.05) is 6.42 Å². The van der Waals surface area contributed by atoms with Crippen LogP contribution in [0.2, 0.25) is 0 Å². The van der Waals surface area contributed by atoms with Crippen molar-refractivity contribution in [3.05, 3.63) is 65.5 Å². The first-order chi connectivity index (χ1) is 14.0. The van der Waals surface area contributed by atoms with Crippen molar-refractivity contribution in [2.24, 2.45) is 17.8 Å². The second-order valence-corrected chi connectivity index (χ2v) is 8.34. The van der Waals surface area contributed by atoms with Crippen molar-refractivity contribution in [2.75, 3.05) is 6.61 Å². The van der Waals surface area contributed by atoms with Crippen LogP contribution < -0.4 is 10.1 Å². The van der Waals surface area contributed by atoms with Gasteiger partial charge in [-0.25, -0.2) is 4.39 Å². The molecule has 5 heteroatoms. The van der Waals surface area contributed by atoms with Crippen molar-refractivity contribution in [3.63, 3.8) is 0 Å². The van der Waals surface area contributed by atoms with Gasteiger partial charge in [0.15, 0.2) is 12.4 Å². The number of ketones is 1. The maximum Gasteiger partial charge on any atom is 0.258 e. The normalized spacial score (nSPS) is 23.6. The third kappa shape index (κ3) is 4.50. The van der Waals surface area contributed by atoms with E-state index in [4.69, 9.17) is 4.74 Å². The van der Waals surface area contributed by atoms with E-state index in [2.05, 4.69) is 12.2 Å². The van der Waals surface area contributed by atoms with Crippen molar-refractivity contribution >= 4 is 11.7 Å². The number of nitrogens with one attached hydrogen (secondary N) is 1. The molecule has 2 fully saturated rings. The van der Waals surface area contributed by atoms with Crippen molar-refractivity contribution in [2.45, 2.75) is 38.6 Å². The fourth-order valence-electron chi connectivity index (χ4n) is 4.93. The fraction of sp³-hybridized carbons (Fsp3) is 0.417. The lowest BCUT2D eigenvalue weighted by atomic mass is 9.84. The number of carbonyl (C=O) groups excluding carboxylic acids is 2. The van der Waals surface area contributed by atoms with Gasteiger partial charge >= 0.3 is 0 Å². The minimum atomic E-state index is -0.377. The van der Waals surface area contributed by atoms with Gasteiger partial charge in [0.05, 0.1) is 0 Å². The monoisotopic (exact) mass is 395 g/mol. The number of hydrogen-bond acceptors (Lipinski definition) is 3. The molecule has 0 unspecified atom stereocenters. The molecule has 0 aromatic heterocycles. The van der Waals surface area contributed by atoms with E-state index in [1.54, 1.807) is 24.3 Å². The van der Waals surface area contributed by atoms with E-state index in [1.807, 2.05) is 0 Å². The summed E-state index contributed by atoms with van der Waals surface area (Å²) in [6.45, 7) is 2.05. The molecule has 2 aliphatic rings. The highest BCUT2D eigenvalue weighted by Crippen LogP contribution is 2.49. The Morgan fingerprint density at radius 2 is 1.69 bits per heavy atom. The van der Waals surface area contributed by atoms with Gasteiger partial charge in [0.25, 0.3) is 5.91 Å². The van der Waals surface area contributed by atoms with Crippen LogP contribution in [0.15, 0.2) is 48.5 Å². The van der Waals surface area contributed by atoms with Crippen LogP contribution in [0.1, 0.15) is 48.5 Å². The second-order valence-electron chi connectivity index (χ2n) is 8.34. The quantitative estimate of drug-likeness (QED) is 0.708. The number of ether oxygens (including phenoxy) is 1. The maximum atomic E-state index is 13.0. The van der Waals surface area contributed by atoms with Crippen LogP contribution in [0.5, 0.6) is 5.75 Å². The summed E-state index contributed by atoms with van der Waals surface area (Å²) in [6, 6.07) is 12.3. The lowest BCUT2D eigenvalue weighted by molar-refractivity contribution is -0.124. The number of rotatable bonds is 7. The topological polar surface area (TPSA) is 55.4 Å². The Labute approximate surface area is 170 Å². The Morgan fingerprint density at radius 1 is 1.03 bits per heavy atom. The van der Waals surface area contributed by atoms with Crippen LogP contribution in [0.25, 0.3) is 0 Å². The van der Waals surface area contributed by atoms with Gasteiger partial charge in [-0.2, -0.15) is 0 Å². The molecule has 2 aliphatic carbocycles. The largest absolute Gasteiger partial charge is 0.484 e. The van der Waals surface area contributed by atoms with E-state index >= 15 is 0 Å². The molecule has 152 valence electrons. The highest BCUT2D eigenvalue weighted by molar-refractivity contribution is 6.09. The number of halogens is 1. The zero-order chi connectivity index (χ0) is 20.4. The van der Waals surface area contributed by atoms with Crippen LogP contribution in [-0.2, 0) is 4.79 Å². The Bertz CT molecular complexity index is 878. The molecule has 1 N–H and O–H groups in total. The van der Waals surface area contributed by atoms with Gasteiger partial charge in [-0.05, 0) is 92.5 Å². The first-order valence-corrected chi connectivity index (χ1v) is 10.3. The fourth-order valence-corrected chi connectivity index (χ4v) is 4.93. The first kappa shape index (κ1) is 19.6. The van der Waals surface area contributed by atoms with Crippen LogP contribution >= 0.6 is 0 Å². The van der Waals surface area contributed by atoms with Gasteiger partial charge in [0, 0.05) is 17.2 Å². The minimum absolute atomic E-state index is 0.0452. The minimum Gasteiger partial charge on any atom is -0.484 e. The van der Waals surface area contributed by atoms with Crippen molar-refractivity contribution in [3.8, 4) is 5.75 Å². The second kappa shape index (κ2) is 8.36. The molecular formula is C24H26FNO3. The van der Waals surface area contributed by atoms with Crippen LogP contribution in [0, 0.1) is 23.6 Å².